The zero-order chi connectivity index (χ0) is 21.0. The molecule has 0 bridgehead atoms. The first-order valence-electron chi connectivity index (χ1n) is 10.5. The van der Waals surface area contributed by atoms with E-state index in [1.807, 2.05) is 0 Å². The molecule has 1 aromatic heterocycles. The highest BCUT2D eigenvalue weighted by atomic mass is 19.4. The largest absolute Gasteiger partial charge is 0.573 e. The molecule has 2 aromatic rings. The van der Waals surface area contributed by atoms with Gasteiger partial charge in [0.05, 0.1) is 12.6 Å². The SMILES string of the molecule is FC(F)(F)Oc1cccc(CN2CCCCC2c2nc(CCOCC3CC3)no2)c1. The topological polar surface area (TPSA) is 60.6 Å². The second kappa shape index (κ2) is 9.34. The molecule has 4 rings (SSSR count). The van der Waals surface area contributed by atoms with Gasteiger partial charge in [0, 0.05) is 19.6 Å². The molecule has 1 atom stereocenters. The maximum atomic E-state index is 12.5. The summed E-state index contributed by atoms with van der Waals surface area (Å²) in [6, 6.07) is 6.06. The zero-order valence-corrected chi connectivity index (χ0v) is 16.7. The molecular weight excluding hydrogens is 399 g/mol. The van der Waals surface area contributed by atoms with Gasteiger partial charge in [-0.2, -0.15) is 4.98 Å². The third-order valence-electron chi connectivity index (χ3n) is 5.42. The molecule has 1 aliphatic carbocycles. The first kappa shape index (κ1) is 21.1. The van der Waals surface area contributed by atoms with Gasteiger partial charge < -0.3 is 14.0 Å². The summed E-state index contributed by atoms with van der Waals surface area (Å²) in [5.74, 6) is 1.71. The van der Waals surface area contributed by atoms with E-state index in [1.54, 1.807) is 12.1 Å². The number of likely N-dealkylation sites (tertiary alicyclic amines) is 1. The molecule has 0 radical (unpaired) electrons. The number of benzene rings is 1. The standard InChI is InChI=1S/C21H26F3N3O3/c22-21(23,24)29-17-5-3-4-16(12-17)13-27-10-2-1-6-18(27)20-25-19(26-30-20)9-11-28-14-15-7-8-15/h3-5,12,15,18H,1-2,6-11,13-14H2. The summed E-state index contributed by atoms with van der Waals surface area (Å²) in [7, 11) is 0. The van der Waals surface area contributed by atoms with Gasteiger partial charge in [-0.25, -0.2) is 0 Å². The molecule has 9 heteroatoms. The Morgan fingerprint density at radius 3 is 2.83 bits per heavy atom. The van der Waals surface area contributed by atoms with Crippen LogP contribution in [0, 0.1) is 5.92 Å². The number of aromatic nitrogens is 2. The number of hydrogen-bond donors (Lipinski definition) is 0. The molecule has 1 aromatic carbocycles. The van der Waals surface area contributed by atoms with E-state index < -0.39 is 6.36 Å². The van der Waals surface area contributed by atoms with E-state index in [0.717, 1.165) is 43.9 Å². The third-order valence-corrected chi connectivity index (χ3v) is 5.42. The van der Waals surface area contributed by atoms with Gasteiger partial charge in [0.15, 0.2) is 5.82 Å². The predicted octanol–water partition coefficient (Wildman–Crippen LogP) is 4.66. The summed E-state index contributed by atoms with van der Waals surface area (Å²) in [5.41, 5.74) is 0.747. The normalized spacial score (nSPS) is 20.4. The van der Waals surface area contributed by atoms with Crippen LogP contribution < -0.4 is 4.74 Å². The summed E-state index contributed by atoms with van der Waals surface area (Å²) >= 11 is 0. The fraction of sp³-hybridized carbons (Fsp3) is 0.619. The van der Waals surface area contributed by atoms with Crippen LogP contribution in [-0.2, 0) is 17.7 Å². The number of rotatable bonds is 9. The maximum absolute atomic E-state index is 12.5. The van der Waals surface area contributed by atoms with E-state index in [9.17, 15) is 13.2 Å². The lowest BCUT2D eigenvalue weighted by Crippen LogP contribution is -2.33. The Bertz CT molecular complexity index is 823. The molecule has 2 aliphatic rings. The average Bonchev–Trinajstić information content (AvgIpc) is 3.40. The molecular formula is C21H26F3N3O3. The van der Waals surface area contributed by atoms with Crippen molar-refractivity contribution in [2.24, 2.45) is 5.92 Å². The second-order valence-electron chi connectivity index (χ2n) is 7.99. The van der Waals surface area contributed by atoms with Gasteiger partial charge in [-0.3, -0.25) is 4.90 Å². The van der Waals surface area contributed by atoms with Crippen LogP contribution in [0.25, 0.3) is 0 Å². The van der Waals surface area contributed by atoms with E-state index in [1.165, 1.54) is 25.0 Å². The number of piperidine rings is 1. The van der Waals surface area contributed by atoms with Crippen LogP contribution in [0.5, 0.6) is 5.75 Å². The van der Waals surface area contributed by atoms with E-state index >= 15 is 0 Å². The van der Waals surface area contributed by atoms with Crippen molar-refractivity contribution in [3.05, 3.63) is 41.5 Å². The Morgan fingerprint density at radius 1 is 1.17 bits per heavy atom. The molecule has 2 heterocycles. The Kier molecular flexibility index (Phi) is 6.58. The summed E-state index contributed by atoms with van der Waals surface area (Å²) in [4.78, 5) is 6.73. The van der Waals surface area contributed by atoms with Crippen molar-refractivity contribution in [3.63, 3.8) is 0 Å². The van der Waals surface area contributed by atoms with Crippen LogP contribution in [0.15, 0.2) is 28.8 Å². The summed E-state index contributed by atoms with van der Waals surface area (Å²) in [5, 5.41) is 4.08. The lowest BCUT2D eigenvalue weighted by molar-refractivity contribution is -0.274. The van der Waals surface area contributed by atoms with Gasteiger partial charge in [-0.15, -0.1) is 13.2 Å². The predicted molar refractivity (Wildman–Crippen MR) is 102 cm³/mol. The molecule has 1 saturated carbocycles. The third kappa shape index (κ3) is 6.18. The minimum absolute atomic E-state index is 0.0421. The summed E-state index contributed by atoms with van der Waals surface area (Å²) in [6.45, 7) is 2.69. The Balaban J connectivity index is 1.36. The van der Waals surface area contributed by atoms with Gasteiger partial charge in [-0.05, 0) is 55.8 Å². The van der Waals surface area contributed by atoms with Crippen molar-refractivity contribution in [2.45, 2.75) is 57.5 Å². The van der Waals surface area contributed by atoms with Crippen molar-refractivity contribution < 1.29 is 27.2 Å². The highest BCUT2D eigenvalue weighted by Crippen LogP contribution is 2.32. The quantitative estimate of drug-likeness (QED) is 0.545. The van der Waals surface area contributed by atoms with Crippen molar-refractivity contribution in [1.29, 1.82) is 0 Å². The van der Waals surface area contributed by atoms with Gasteiger partial charge in [0.25, 0.3) is 0 Å². The Hall–Kier alpha value is -2.13. The van der Waals surface area contributed by atoms with Crippen LogP contribution in [-0.4, -0.2) is 41.2 Å². The van der Waals surface area contributed by atoms with Crippen molar-refractivity contribution >= 4 is 0 Å². The Morgan fingerprint density at radius 2 is 2.03 bits per heavy atom. The van der Waals surface area contributed by atoms with E-state index in [4.69, 9.17) is 9.26 Å². The van der Waals surface area contributed by atoms with Gasteiger partial charge >= 0.3 is 6.36 Å². The van der Waals surface area contributed by atoms with Crippen LogP contribution >= 0.6 is 0 Å². The van der Waals surface area contributed by atoms with Crippen LogP contribution in [0.4, 0.5) is 13.2 Å². The first-order valence-corrected chi connectivity index (χ1v) is 10.5. The fourth-order valence-electron chi connectivity index (χ4n) is 3.74. The van der Waals surface area contributed by atoms with E-state index in [0.29, 0.717) is 31.3 Å². The van der Waals surface area contributed by atoms with Crippen LogP contribution in [0.3, 0.4) is 0 Å². The van der Waals surface area contributed by atoms with Gasteiger partial charge in [0.2, 0.25) is 5.89 Å². The molecule has 30 heavy (non-hydrogen) atoms. The van der Waals surface area contributed by atoms with Crippen molar-refractivity contribution in [3.8, 4) is 5.75 Å². The van der Waals surface area contributed by atoms with Crippen LogP contribution in [0.2, 0.25) is 0 Å². The minimum atomic E-state index is -4.70. The molecule has 164 valence electrons. The lowest BCUT2D eigenvalue weighted by Gasteiger charge is -2.33. The molecule has 0 amide bonds. The number of ether oxygens (including phenoxy) is 2. The molecule has 1 aliphatic heterocycles. The number of alkyl halides is 3. The number of nitrogens with zero attached hydrogens (tertiary/aromatic N) is 3. The summed E-state index contributed by atoms with van der Waals surface area (Å²) in [6.07, 6.45) is 1.36. The van der Waals surface area contributed by atoms with Crippen molar-refractivity contribution in [1.82, 2.24) is 15.0 Å². The zero-order valence-electron chi connectivity index (χ0n) is 16.7. The molecule has 1 unspecified atom stereocenters. The van der Waals surface area contributed by atoms with Crippen LogP contribution in [0.1, 0.15) is 55.4 Å². The van der Waals surface area contributed by atoms with E-state index in [-0.39, 0.29) is 11.8 Å². The molecule has 0 spiro atoms. The summed E-state index contributed by atoms with van der Waals surface area (Å²) < 4.78 is 52.7. The second-order valence-corrected chi connectivity index (χ2v) is 7.99. The first-order chi connectivity index (χ1) is 14.5. The molecule has 0 N–H and O–H groups in total. The highest BCUT2D eigenvalue weighted by molar-refractivity contribution is 5.28. The lowest BCUT2D eigenvalue weighted by atomic mass is 10.0. The minimum Gasteiger partial charge on any atom is -0.406 e. The number of halogens is 3. The maximum Gasteiger partial charge on any atom is 0.573 e. The molecule has 1 saturated heterocycles. The van der Waals surface area contributed by atoms with E-state index in [2.05, 4.69) is 19.8 Å². The Labute approximate surface area is 173 Å². The smallest absolute Gasteiger partial charge is 0.406 e. The molecule has 2 fully saturated rings. The highest BCUT2D eigenvalue weighted by Gasteiger charge is 2.32. The van der Waals surface area contributed by atoms with Gasteiger partial charge in [-0.1, -0.05) is 23.7 Å². The number of hydrogen-bond acceptors (Lipinski definition) is 6. The fourth-order valence-corrected chi connectivity index (χ4v) is 3.74. The monoisotopic (exact) mass is 425 g/mol. The van der Waals surface area contributed by atoms with Crippen molar-refractivity contribution in [2.75, 3.05) is 19.8 Å². The average molecular weight is 425 g/mol. The van der Waals surface area contributed by atoms with Gasteiger partial charge in [0.1, 0.15) is 5.75 Å². The molecule has 6 nitrogen and oxygen atoms in total.